The molecular formula is C21H27N3O2S. The molecule has 5 nitrogen and oxygen atoms in total. The van der Waals surface area contributed by atoms with E-state index in [4.69, 9.17) is 9.72 Å². The first-order valence-electron chi connectivity index (χ1n) is 9.84. The largest absolute Gasteiger partial charge is 0.491 e. The lowest BCUT2D eigenvalue weighted by molar-refractivity contribution is 0.0628. The fourth-order valence-corrected chi connectivity index (χ4v) is 4.94. The fourth-order valence-electron chi connectivity index (χ4n) is 3.74. The van der Waals surface area contributed by atoms with E-state index in [1.807, 2.05) is 54.3 Å². The van der Waals surface area contributed by atoms with E-state index in [1.165, 1.54) is 28.4 Å². The van der Waals surface area contributed by atoms with Crippen molar-refractivity contribution in [2.24, 2.45) is 0 Å². The lowest BCUT2D eigenvalue weighted by Crippen LogP contribution is -2.48. The number of hydrogen-bond donors (Lipinski definition) is 0. The molecule has 2 aromatic rings. The van der Waals surface area contributed by atoms with Crippen LogP contribution in [0, 0.1) is 0 Å². The Hall–Kier alpha value is -1.92. The summed E-state index contributed by atoms with van der Waals surface area (Å²) in [7, 11) is 0. The topological polar surface area (TPSA) is 45.7 Å². The van der Waals surface area contributed by atoms with Gasteiger partial charge in [0.2, 0.25) is 0 Å². The summed E-state index contributed by atoms with van der Waals surface area (Å²) in [5.41, 5.74) is 2.06. The number of piperazine rings is 1. The van der Waals surface area contributed by atoms with Crippen molar-refractivity contribution < 1.29 is 9.53 Å². The van der Waals surface area contributed by atoms with Gasteiger partial charge in [-0.25, -0.2) is 4.98 Å². The standard InChI is InChI=1S/C21H27N3O2S/c1-15(2)26-17-8-6-16(7-9-17)21(25)24-12-10-23(11-13-24)14-20-22-18-4-3-5-19(18)27-20/h6-9,15H,3-5,10-14H2,1-2H3. The van der Waals surface area contributed by atoms with Gasteiger partial charge in [0.15, 0.2) is 0 Å². The molecule has 1 aliphatic carbocycles. The number of carbonyl (C=O) groups is 1. The van der Waals surface area contributed by atoms with Crippen LogP contribution in [0.4, 0.5) is 0 Å². The molecule has 1 aliphatic heterocycles. The number of carbonyl (C=O) groups excluding carboxylic acids is 1. The molecule has 1 aromatic carbocycles. The van der Waals surface area contributed by atoms with E-state index in [0.717, 1.165) is 50.5 Å². The van der Waals surface area contributed by atoms with Crippen molar-refractivity contribution in [3.05, 3.63) is 45.4 Å². The van der Waals surface area contributed by atoms with Crippen LogP contribution in [0.25, 0.3) is 0 Å². The third-order valence-electron chi connectivity index (χ3n) is 5.13. The van der Waals surface area contributed by atoms with E-state index in [-0.39, 0.29) is 12.0 Å². The lowest BCUT2D eigenvalue weighted by atomic mass is 10.1. The molecule has 0 saturated carbocycles. The molecule has 0 atom stereocenters. The van der Waals surface area contributed by atoms with E-state index in [2.05, 4.69) is 4.90 Å². The van der Waals surface area contributed by atoms with Gasteiger partial charge in [-0.05, 0) is 57.4 Å². The Bertz CT molecular complexity index is 771. The Labute approximate surface area is 165 Å². The highest BCUT2D eigenvalue weighted by Crippen LogP contribution is 2.28. The van der Waals surface area contributed by atoms with E-state index in [9.17, 15) is 4.79 Å². The maximum atomic E-state index is 12.7. The number of nitrogens with zero attached hydrogens (tertiary/aromatic N) is 3. The van der Waals surface area contributed by atoms with Crippen LogP contribution in [0.3, 0.4) is 0 Å². The molecule has 2 heterocycles. The average Bonchev–Trinajstić information content (AvgIpc) is 3.23. The number of thiazole rings is 1. The van der Waals surface area contributed by atoms with Crippen LogP contribution in [-0.4, -0.2) is 53.0 Å². The van der Waals surface area contributed by atoms with Crippen molar-refractivity contribution in [1.82, 2.24) is 14.8 Å². The quantitative estimate of drug-likeness (QED) is 0.792. The van der Waals surface area contributed by atoms with Gasteiger partial charge < -0.3 is 9.64 Å². The van der Waals surface area contributed by atoms with Gasteiger partial charge in [-0.3, -0.25) is 9.69 Å². The second-order valence-corrected chi connectivity index (χ2v) is 8.76. The number of ether oxygens (including phenoxy) is 1. The maximum absolute atomic E-state index is 12.7. The summed E-state index contributed by atoms with van der Waals surface area (Å²) in [6, 6.07) is 7.49. The van der Waals surface area contributed by atoms with Crippen molar-refractivity contribution in [2.45, 2.75) is 45.8 Å². The lowest BCUT2D eigenvalue weighted by Gasteiger charge is -2.34. The van der Waals surface area contributed by atoms with E-state index >= 15 is 0 Å². The van der Waals surface area contributed by atoms with Crippen molar-refractivity contribution in [3.63, 3.8) is 0 Å². The van der Waals surface area contributed by atoms with Gasteiger partial charge in [0.05, 0.1) is 18.3 Å². The molecule has 1 saturated heterocycles. The van der Waals surface area contributed by atoms with Crippen LogP contribution in [-0.2, 0) is 19.4 Å². The van der Waals surface area contributed by atoms with E-state index in [1.54, 1.807) is 0 Å². The van der Waals surface area contributed by atoms with Gasteiger partial charge in [0.1, 0.15) is 10.8 Å². The molecule has 0 spiro atoms. The predicted molar refractivity (Wildman–Crippen MR) is 108 cm³/mol. The molecule has 4 rings (SSSR count). The summed E-state index contributed by atoms with van der Waals surface area (Å²) in [6.45, 7) is 8.27. The summed E-state index contributed by atoms with van der Waals surface area (Å²) in [5.74, 6) is 0.917. The number of aromatic nitrogens is 1. The Morgan fingerprint density at radius 2 is 1.89 bits per heavy atom. The predicted octanol–water partition coefficient (Wildman–Crippen LogP) is 3.38. The molecule has 1 amide bonds. The number of aryl methyl sites for hydroxylation is 2. The second-order valence-electron chi connectivity index (χ2n) is 7.59. The summed E-state index contributed by atoms with van der Waals surface area (Å²) >= 11 is 1.88. The Morgan fingerprint density at radius 3 is 2.56 bits per heavy atom. The van der Waals surface area contributed by atoms with E-state index < -0.39 is 0 Å². The van der Waals surface area contributed by atoms with Crippen LogP contribution in [0.1, 0.15) is 46.2 Å². The molecule has 0 N–H and O–H groups in total. The Kier molecular flexibility index (Phi) is 5.45. The zero-order valence-corrected chi connectivity index (χ0v) is 16.9. The SMILES string of the molecule is CC(C)Oc1ccc(C(=O)N2CCN(Cc3nc4c(s3)CCC4)CC2)cc1. The highest BCUT2D eigenvalue weighted by molar-refractivity contribution is 7.11. The molecule has 144 valence electrons. The summed E-state index contributed by atoms with van der Waals surface area (Å²) in [6.07, 6.45) is 3.75. The maximum Gasteiger partial charge on any atom is 0.253 e. The van der Waals surface area contributed by atoms with Gasteiger partial charge in [0.25, 0.3) is 5.91 Å². The zero-order valence-electron chi connectivity index (χ0n) is 16.1. The van der Waals surface area contributed by atoms with Crippen molar-refractivity contribution in [3.8, 4) is 5.75 Å². The second kappa shape index (κ2) is 7.98. The first-order valence-corrected chi connectivity index (χ1v) is 10.7. The normalized spacial score (nSPS) is 17.4. The van der Waals surface area contributed by atoms with Crippen LogP contribution >= 0.6 is 11.3 Å². The number of rotatable bonds is 5. The van der Waals surface area contributed by atoms with Crippen molar-refractivity contribution in [1.29, 1.82) is 0 Å². The molecule has 0 radical (unpaired) electrons. The third-order valence-corrected chi connectivity index (χ3v) is 6.27. The summed E-state index contributed by atoms with van der Waals surface area (Å²) < 4.78 is 5.65. The number of benzene rings is 1. The van der Waals surface area contributed by atoms with Crippen LogP contribution in [0.5, 0.6) is 5.75 Å². The molecule has 1 aromatic heterocycles. The van der Waals surface area contributed by atoms with Crippen LogP contribution < -0.4 is 4.74 Å². The molecule has 0 bridgehead atoms. The number of amides is 1. The molecule has 2 aliphatic rings. The van der Waals surface area contributed by atoms with Crippen LogP contribution in [0.2, 0.25) is 0 Å². The first-order chi connectivity index (χ1) is 13.1. The molecule has 6 heteroatoms. The minimum absolute atomic E-state index is 0.110. The van der Waals surface area contributed by atoms with Gasteiger partial charge >= 0.3 is 0 Å². The van der Waals surface area contributed by atoms with Crippen molar-refractivity contribution >= 4 is 17.2 Å². The Morgan fingerprint density at radius 1 is 1.15 bits per heavy atom. The highest BCUT2D eigenvalue weighted by atomic mass is 32.1. The van der Waals surface area contributed by atoms with Gasteiger partial charge in [0, 0.05) is 36.6 Å². The number of hydrogen-bond acceptors (Lipinski definition) is 5. The highest BCUT2D eigenvalue weighted by Gasteiger charge is 2.24. The summed E-state index contributed by atoms with van der Waals surface area (Å²) in [5, 5.41) is 1.24. The smallest absolute Gasteiger partial charge is 0.253 e. The first kappa shape index (κ1) is 18.4. The molecular weight excluding hydrogens is 358 g/mol. The van der Waals surface area contributed by atoms with Gasteiger partial charge in [-0.1, -0.05) is 0 Å². The minimum atomic E-state index is 0.110. The average molecular weight is 386 g/mol. The summed E-state index contributed by atoms with van der Waals surface area (Å²) in [4.78, 5) is 23.4. The minimum Gasteiger partial charge on any atom is -0.491 e. The van der Waals surface area contributed by atoms with Crippen molar-refractivity contribution in [2.75, 3.05) is 26.2 Å². The van der Waals surface area contributed by atoms with E-state index in [0.29, 0.717) is 0 Å². The molecule has 1 fully saturated rings. The number of fused-ring (bicyclic) bond motifs is 1. The van der Waals surface area contributed by atoms with Gasteiger partial charge in [-0.15, -0.1) is 11.3 Å². The van der Waals surface area contributed by atoms with Gasteiger partial charge in [-0.2, -0.15) is 0 Å². The Balaban J connectivity index is 1.29. The monoisotopic (exact) mass is 385 g/mol. The zero-order chi connectivity index (χ0) is 18.8. The molecule has 0 unspecified atom stereocenters. The van der Waals surface area contributed by atoms with Crippen LogP contribution in [0.15, 0.2) is 24.3 Å². The third kappa shape index (κ3) is 4.33. The molecule has 27 heavy (non-hydrogen) atoms. The fraction of sp³-hybridized carbons (Fsp3) is 0.524.